The molecule has 3 N–H and O–H groups in total. The Balaban J connectivity index is 0.00000312. The molecule has 1 unspecified atom stereocenters. The van der Waals surface area contributed by atoms with Gasteiger partial charge in [0.25, 0.3) is 0 Å². The van der Waals surface area contributed by atoms with Gasteiger partial charge >= 0.3 is 0 Å². The van der Waals surface area contributed by atoms with Crippen molar-refractivity contribution in [3.05, 3.63) is 47.8 Å². The van der Waals surface area contributed by atoms with E-state index in [9.17, 15) is 13.2 Å². The molecule has 0 bridgehead atoms. The molecule has 8 nitrogen and oxygen atoms in total. The molecule has 1 atom stereocenters. The minimum absolute atomic E-state index is 0. The van der Waals surface area contributed by atoms with E-state index in [0.29, 0.717) is 12.2 Å². The Hall–Kier alpha value is -2.10. The van der Waals surface area contributed by atoms with Crippen LogP contribution in [0.4, 0.5) is 5.69 Å². The topological polar surface area (TPSA) is 105 Å². The zero-order valence-electron chi connectivity index (χ0n) is 14.2. The van der Waals surface area contributed by atoms with E-state index < -0.39 is 16.1 Å². The molecule has 0 saturated heterocycles. The first-order valence-electron chi connectivity index (χ1n) is 7.29. The van der Waals surface area contributed by atoms with Gasteiger partial charge in [0.05, 0.1) is 12.5 Å². The maximum atomic E-state index is 12.3. The molecule has 10 heteroatoms. The zero-order valence-corrected chi connectivity index (χ0v) is 15.8. The van der Waals surface area contributed by atoms with Crippen LogP contribution in [0.3, 0.4) is 0 Å². The lowest BCUT2D eigenvalue weighted by molar-refractivity contribution is -0.123. The molecule has 1 aromatic carbocycles. The van der Waals surface area contributed by atoms with Crippen LogP contribution < -0.4 is 15.4 Å². The fraction of sp³-hybridized carbons (Fsp3) is 0.333. The first-order chi connectivity index (χ1) is 11.3. The molecule has 1 heterocycles. The first-order valence-corrected chi connectivity index (χ1v) is 9.18. The van der Waals surface area contributed by atoms with Crippen LogP contribution in [0.5, 0.6) is 0 Å². The van der Waals surface area contributed by atoms with Crippen molar-refractivity contribution in [2.24, 2.45) is 7.05 Å². The fourth-order valence-electron chi connectivity index (χ4n) is 2.23. The van der Waals surface area contributed by atoms with Crippen LogP contribution in [0, 0.1) is 0 Å². The van der Waals surface area contributed by atoms with Crippen molar-refractivity contribution < 1.29 is 13.2 Å². The van der Waals surface area contributed by atoms with Gasteiger partial charge in [0, 0.05) is 31.0 Å². The maximum Gasteiger partial charge on any atom is 0.242 e. The van der Waals surface area contributed by atoms with Crippen molar-refractivity contribution in [3.8, 4) is 0 Å². The van der Waals surface area contributed by atoms with E-state index in [2.05, 4.69) is 20.5 Å². The SMILES string of the molecule is CNC(C(=O)NCc1ccc(NS(C)(=O)=O)cc1)c1cnn(C)c1.Cl. The van der Waals surface area contributed by atoms with Crippen LogP contribution >= 0.6 is 12.4 Å². The summed E-state index contributed by atoms with van der Waals surface area (Å²) in [5.41, 5.74) is 2.13. The Morgan fingerprint density at radius 2 is 1.92 bits per heavy atom. The molecule has 0 aliphatic heterocycles. The summed E-state index contributed by atoms with van der Waals surface area (Å²) >= 11 is 0. The average molecular weight is 388 g/mol. The second-order valence-corrected chi connectivity index (χ2v) is 7.21. The highest BCUT2D eigenvalue weighted by Gasteiger charge is 2.19. The monoisotopic (exact) mass is 387 g/mol. The van der Waals surface area contributed by atoms with Gasteiger partial charge in [0.1, 0.15) is 6.04 Å². The predicted molar refractivity (Wildman–Crippen MR) is 99.0 cm³/mol. The molecule has 0 saturated carbocycles. The van der Waals surface area contributed by atoms with Crippen LogP contribution in [-0.4, -0.2) is 37.4 Å². The predicted octanol–water partition coefficient (Wildman–Crippen LogP) is 0.790. The Labute approximate surface area is 153 Å². The summed E-state index contributed by atoms with van der Waals surface area (Å²) in [6.45, 7) is 0.344. The summed E-state index contributed by atoms with van der Waals surface area (Å²) in [6, 6.07) is 6.33. The number of rotatable bonds is 7. The van der Waals surface area contributed by atoms with Crippen LogP contribution in [-0.2, 0) is 28.4 Å². The Morgan fingerprint density at radius 1 is 1.28 bits per heavy atom. The molecule has 1 aromatic heterocycles. The molecule has 0 spiro atoms. The van der Waals surface area contributed by atoms with Gasteiger partial charge in [-0.1, -0.05) is 12.1 Å². The summed E-state index contributed by atoms with van der Waals surface area (Å²) in [5, 5.41) is 9.87. The molecule has 0 aliphatic carbocycles. The van der Waals surface area contributed by atoms with Gasteiger partial charge < -0.3 is 10.6 Å². The first kappa shape index (κ1) is 20.9. The number of hydrogen-bond acceptors (Lipinski definition) is 5. The van der Waals surface area contributed by atoms with Crippen molar-refractivity contribution in [1.82, 2.24) is 20.4 Å². The number of aromatic nitrogens is 2. The van der Waals surface area contributed by atoms with Crippen LogP contribution in [0.1, 0.15) is 17.2 Å². The van der Waals surface area contributed by atoms with Crippen LogP contribution in [0.25, 0.3) is 0 Å². The number of carbonyl (C=O) groups is 1. The van der Waals surface area contributed by atoms with E-state index in [4.69, 9.17) is 0 Å². The molecule has 25 heavy (non-hydrogen) atoms. The number of halogens is 1. The fourth-order valence-corrected chi connectivity index (χ4v) is 2.80. The molecular formula is C15H22ClN5O3S. The number of hydrogen-bond donors (Lipinski definition) is 3. The minimum Gasteiger partial charge on any atom is -0.350 e. The van der Waals surface area contributed by atoms with Gasteiger partial charge in [-0.2, -0.15) is 5.10 Å². The van der Waals surface area contributed by atoms with Gasteiger partial charge in [-0.05, 0) is 24.7 Å². The van der Waals surface area contributed by atoms with Crippen molar-refractivity contribution in [2.75, 3.05) is 18.0 Å². The number of carbonyl (C=O) groups excluding carboxylic acids is 1. The van der Waals surface area contributed by atoms with Crippen molar-refractivity contribution >= 4 is 34.0 Å². The number of anilines is 1. The number of likely N-dealkylation sites (N-methyl/N-ethyl adjacent to an activating group) is 1. The molecule has 138 valence electrons. The third-order valence-electron chi connectivity index (χ3n) is 3.33. The number of amides is 1. The van der Waals surface area contributed by atoms with E-state index in [1.807, 2.05) is 0 Å². The van der Waals surface area contributed by atoms with E-state index in [0.717, 1.165) is 17.4 Å². The lowest BCUT2D eigenvalue weighted by Gasteiger charge is -2.14. The number of aryl methyl sites for hydroxylation is 1. The smallest absolute Gasteiger partial charge is 0.242 e. The number of nitrogens with zero attached hydrogens (tertiary/aromatic N) is 2. The quantitative estimate of drug-likeness (QED) is 0.651. The Kier molecular flexibility index (Phi) is 7.40. The van der Waals surface area contributed by atoms with Crippen LogP contribution in [0.2, 0.25) is 0 Å². The third-order valence-corrected chi connectivity index (χ3v) is 3.94. The number of benzene rings is 1. The van der Waals surface area contributed by atoms with Crippen LogP contribution in [0.15, 0.2) is 36.7 Å². The van der Waals surface area contributed by atoms with E-state index in [1.165, 1.54) is 0 Å². The normalized spacial score (nSPS) is 12.1. The van der Waals surface area contributed by atoms with E-state index in [1.54, 1.807) is 55.4 Å². The molecular weight excluding hydrogens is 366 g/mol. The summed E-state index contributed by atoms with van der Waals surface area (Å²) in [6.07, 6.45) is 4.52. The van der Waals surface area contributed by atoms with Crippen molar-refractivity contribution in [1.29, 1.82) is 0 Å². The summed E-state index contributed by atoms with van der Waals surface area (Å²) in [4.78, 5) is 12.3. The number of sulfonamides is 1. The molecule has 2 aromatic rings. The van der Waals surface area contributed by atoms with Gasteiger partial charge in [-0.15, -0.1) is 12.4 Å². The van der Waals surface area contributed by atoms with Gasteiger partial charge in [0.15, 0.2) is 0 Å². The van der Waals surface area contributed by atoms with Crippen molar-refractivity contribution in [2.45, 2.75) is 12.6 Å². The Bertz CT molecular complexity index is 805. The highest BCUT2D eigenvalue weighted by atomic mass is 35.5. The minimum atomic E-state index is -3.29. The second-order valence-electron chi connectivity index (χ2n) is 5.46. The summed E-state index contributed by atoms with van der Waals surface area (Å²) in [7, 11) is 0.208. The van der Waals surface area contributed by atoms with Gasteiger partial charge in [0.2, 0.25) is 15.9 Å². The van der Waals surface area contributed by atoms with Gasteiger partial charge in [-0.3, -0.25) is 14.2 Å². The molecule has 0 fully saturated rings. The largest absolute Gasteiger partial charge is 0.350 e. The maximum absolute atomic E-state index is 12.3. The summed E-state index contributed by atoms with van der Waals surface area (Å²) < 4.78 is 26.4. The van der Waals surface area contributed by atoms with E-state index >= 15 is 0 Å². The van der Waals surface area contributed by atoms with Gasteiger partial charge in [-0.25, -0.2) is 8.42 Å². The molecule has 1 amide bonds. The van der Waals surface area contributed by atoms with Crippen molar-refractivity contribution in [3.63, 3.8) is 0 Å². The highest BCUT2D eigenvalue weighted by molar-refractivity contribution is 7.92. The zero-order chi connectivity index (χ0) is 17.7. The molecule has 2 rings (SSSR count). The van der Waals surface area contributed by atoms with E-state index in [-0.39, 0.29) is 18.3 Å². The third kappa shape index (κ3) is 6.37. The molecule has 0 aliphatic rings. The Morgan fingerprint density at radius 3 is 2.40 bits per heavy atom. The standard InChI is InChI=1S/C15H21N5O3S.ClH/c1-16-14(12-9-18-20(2)10-12)15(21)17-8-11-4-6-13(7-5-11)19-24(3,22)23;/h4-7,9-10,14,16,19H,8H2,1-3H3,(H,17,21);1H. The summed E-state index contributed by atoms with van der Waals surface area (Å²) in [5.74, 6) is -0.163. The average Bonchev–Trinajstić information content (AvgIpc) is 2.92. The lowest BCUT2D eigenvalue weighted by atomic mass is 10.1. The molecule has 0 radical (unpaired) electrons. The lowest BCUT2D eigenvalue weighted by Crippen LogP contribution is -2.35. The highest BCUT2D eigenvalue weighted by Crippen LogP contribution is 2.13. The number of nitrogens with one attached hydrogen (secondary N) is 3. The second kappa shape index (κ2) is 8.84.